The van der Waals surface area contributed by atoms with Crippen molar-refractivity contribution in [3.05, 3.63) is 59.7 Å². The van der Waals surface area contributed by atoms with E-state index in [2.05, 4.69) is 5.32 Å². The highest BCUT2D eigenvalue weighted by atomic mass is 32.2. The first-order chi connectivity index (χ1) is 12.3. The van der Waals surface area contributed by atoms with Crippen molar-refractivity contribution in [1.82, 2.24) is 0 Å². The van der Waals surface area contributed by atoms with Crippen LogP contribution in [0.15, 0.2) is 59.0 Å². The van der Waals surface area contributed by atoms with Crippen molar-refractivity contribution < 1.29 is 22.7 Å². The van der Waals surface area contributed by atoms with Crippen molar-refractivity contribution in [2.24, 2.45) is 0 Å². The molecule has 2 aromatic carbocycles. The van der Waals surface area contributed by atoms with Crippen LogP contribution in [0.1, 0.15) is 5.56 Å². The number of nitrogens with one attached hydrogen (secondary N) is 1. The van der Waals surface area contributed by atoms with Gasteiger partial charge in [-0.2, -0.15) is 18.4 Å². The summed E-state index contributed by atoms with van der Waals surface area (Å²) in [5, 5.41) is 11.8. The minimum Gasteiger partial charge on any atom is -0.495 e. The van der Waals surface area contributed by atoms with Crippen molar-refractivity contribution in [2.75, 3.05) is 12.4 Å². The first-order valence-electron chi connectivity index (χ1n) is 7.24. The molecule has 0 unspecified atom stereocenters. The Labute approximate surface area is 152 Å². The summed E-state index contributed by atoms with van der Waals surface area (Å²) < 4.78 is 42.1. The predicted octanol–water partition coefficient (Wildman–Crippen LogP) is 4.85. The summed E-state index contributed by atoms with van der Waals surface area (Å²) in [6, 6.07) is 13.8. The minimum absolute atomic E-state index is 0.0200. The van der Waals surface area contributed by atoms with Crippen molar-refractivity contribution in [1.29, 1.82) is 5.26 Å². The van der Waals surface area contributed by atoms with Crippen molar-refractivity contribution in [3.8, 4) is 11.8 Å². The van der Waals surface area contributed by atoms with Crippen molar-refractivity contribution >= 4 is 29.4 Å². The van der Waals surface area contributed by atoms with E-state index in [1.807, 2.05) is 0 Å². The lowest BCUT2D eigenvalue weighted by atomic mass is 10.1. The standard InChI is InChI=1S/C18H13F3N2O2S/c1-25-16-5-3-2-4-15(16)23-17(24)13(11-22)10-12-6-8-14(9-7-12)26-18(19,20)21/h2-10H,1H3,(H,23,24)/b13-10+. The summed E-state index contributed by atoms with van der Waals surface area (Å²) in [6.07, 6.45) is 1.30. The molecule has 0 atom stereocenters. The molecule has 0 aliphatic heterocycles. The van der Waals surface area contributed by atoms with Gasteiger partial charge in [0.15, 0.2) is 0 Å². The maximum atomic E-state index is 12.3. The fraction of sp³-hybridized carbons (Fsp3) is 0.111. The van der Waals surface area contributed by atoms with E-state index in [1.54, 1.807) is 30.3 Å². The van der Waals surface area contributed by atoms with Crippen LogP contribution < -0.4 is 10.1 Å². The molecule has 0 bridgehead atoms. The Morgan fingerprint density at radius 2 is 1.85 bits per heavy atom. The predicted molar refractivity (Wildman–Crippen MR) is 93.6 cm³/mol. The summed E-state index contributed by atoms with van der Waals surface area (Å²) in [7, 11) is 1.45. The van der Waals surface area contributed by atoms with Crippen molar-refractivity contribution in [2.45, 2.75) is 10.4 Å². The number of methoxy groups -OCH3 is 1. The Balaban J connectivity index is 2.16. The second-order valence-electron chi connectivity index (χ2n) is 4.94. The average Bonchev–Trinajstić information content (AvgIpc) is 2.60. The maximum absolute atomic E-state index is 12.3. The van der Waals surface area contributed by atoms with Crippen LogP contribution in [0.2, 0.25) is 0 Å². The topological polar surface area (TPSA) is 62.1 Å². The number of anilines is 1. The van der Waals surface area contributed by atoms with Gasteiger partial charge in [0.25, 0.3) is 5.91 Å². The quantitative estimate of drug-likeness (QED) is 0.459. The number of rotatable bonds is 5. The monoisotopic (exact) mass is 378 g/mol. The molecule has 0 fully saturated rings. The van der Waals surface area contributed by atoms with Gasteiger partial charge in [0.1, 0.15) is 17.4 Å². The largest absolute Gasteiger partial charge is 0.495 e. The maximum Gasteiger partial charge on any atom is 0.446 e. The van der Waals surface area contributed by atoms with Gasteiger partial charge in [0, 0.05) is 4.90 Å². The number of ether oxygens (including phenoxy) is 1. The first-order valence-corrected chi connectivity index (χ1v) is 8.06. The number of hydrogen-bond donors (Lipinski definition) is 1. The third-order valence-electron chi connectivity index (χ3n) is 3.14. The second kappa shape index (κ2) is 8.45. The van der Waals surface area contributed by atoms with Gasteiger partial charge in [-0.3, -0.25) is 4.79 Å². The Morgan fingerprint density at radius 1 is 1.19 bits per heavy atom. The molecule has 4 nitrogen and oxygen atoms in total. The Hall–Kier alpha value is -2.92. The summed E-state index contributed by atoms with van der Waals surface area (Å²) in [4.78, 5) is 12.3. The number of halogens is 3. The van der Waals surface area contributed by atoms with Gasteiger partial charge in [-0.1, -0.05) is 24.3 Å². The van der Waals surface area contributed by atoms with Crippen LogP contribution in [0.25, 0.3) is 6.08 Å². The fourth-order valence-corrected chi connectivity index (χ4v) is 2.56. The number of carbonyl (C=O) groups excluding carboxylic acids is 1. The average molecular weight is 378 g/mol. The molecule has 2 rings (SSSR count). The molecule has 0 aromatic heterocycles. The smallest absolute Gasteiger partial charge is 0.446 e. The molecule has 134 valence electrons. The Kier molecular flexibility index (Phi) is 6.31. The zero-order chi connectivity index (χ0) is 19.2. The normalized spacial score (nSPS) is 11.6. The molecule has 0 aliphatic rings. The van der Waals surface area contributed by atoms with Crippen LogP contribution in [0, 0.1) is 11.3 Å². The number of hydrogen-bond acceptors (Lipinski definition) is 4. The Morgan fingerprint density at radius 3 is 2.42 bits per heavy atom. The number of nitrogens with zero attached hydrogens (tertiary/aromatic N) is 1. The Bertz CT molecular complexity index is 856. The van der Waals surface area contributed by atoms with Crippen LogP contribution in [-0.4, -0.2) is 18.5 Å². The highest BCUT2D eigenvalue weighted by Gasteiger charge is 2.28. The number of benzene rings is 2. The third kappa shape index (κ3) is 5.57. The van der Waals surface area contributed by atoms with Gasteiger partial charge in [-0.15, -0.1) is 0 Å². The summed E-state index contributed by atoms with van der Waals surface area (Å²) in [5.74, 6) is -0.211. The molecule has 0 heterocycles. The third-order valence-corrected chi connectivity index (χ3v) is 3.88. The molecule has 0 radical (unpaired) electrons. The summed E-state index contributed by atoms with van der Waals surface area (Å²) in [6.45, 7) is 0. The summed E-state index contributed by atoms with van der Waals surface area (Å²) >= 11 is -0.233. The van der Waals surface area contributed by atoms with Gasteiger partial charge in [0.2, 0.25) is 0 Å². The molecule has 2 aromatic rings. The SMILES string of the molecule is COc1ccccc1NC(=O)/C(C#N)=C/c1ccc(SC(F)(F)F)cc1. The molecule has 26 heavy (non-hydrogen) atoms. The highest BCUT2D eigenvalue weighted by molar-refractivity contribution is 8.00. The number of amides is 1. The van der Waals surface area contributed by atoms with Crippen LogP contribution in [-0.2, 0) is 4.79 Å². The van der Waals surface area contributed by atoms with Gasteiger partial charge < -0.3 is 10.1 Å². The van der Waals surface area contributed by atoms with Gasteiger partial charge >= 0.3 is 5.51 Å². The molecule has 0 spiro atoms. The van der Waals surface area contributed by atoms with Gasteiger partial charge in [-0.25, -0.2) is 0 Å². The molecule has 0 saturated heterocycles. The van der Waals surface area contributed by atoms with E-state index in [-0.39, 0.29) is 22.2 Å². The zero-order valence-electron chi connectivity index (χ0n) is 13.5. The van der Waals surface area contributed by atoms with Gasteiger partial charge in [-0.05, 0) is 47.7 Å². The molecule has 1 N–H and O–H groups in total. The van der Waals surface area contributed by atoms with E-state index in [9.17, 15) is 23.2 Å². The van der Waals surface area contributed by atoms with Gasteiger partial charge in [0.05, 0.1) is 12.8 Å². The lowest BCUT2D eigenvalue weighted by Crippen LogP contribution is -2.14. The molecule has 1 amide bonds. The zero-order valence-corrected chi connectivity index (χ0v) is 14.3. The van der Waals surface area contributed by atoms with Crippen molar-refractivity contribution in [3.63, 3.8) is 0 Å². The second-order valence-corrected chi connectivity index (χ2v) is 6.08. The highest BCUT2D eigenvalue weighted by Crippen LogP contribution is 2.36. The molecule has 8 heteroatoms. The van der Waals surface area contributed by atoms with Crippen LogP contribution in [0.3, 0.4) is 0 Å². The van der Waals surface area contributed by atoms with E-state index >= 15 is 0 Å². The van der Waals surface area contributed by atoms with Crippen LogP contribution in [0.4, 0.5) is 18.9 Å². The number of alkyl halides is 3. The van der Waals surface area contributed by atoms with E-state index < -0.39 is 11.4 Å². The van der Waals surface area contributed by atoms with E-state index in [0.29, 0.717) is 17.0 Å². The lowest BCUT2D eigenvalue weighted by Gasteiger charge is -2.09. The first kappa shape index (κ1) is 19.4. The fourth-order valence-electron chi connectivity index (χ4n) is 2.02. The lowest BCUT2D eigenvalue weighted by molar-refractivity contribution is -0.112. The van der Waals surface area contributed by atoms with E-state index in [1.165, 1.54) is 37.5 Å². The number of thioether (sulfide) groups is 1. The molecule has 0 aliphatic carbocycles. The molecular weight excluding hydrogens is 365 g/mol. The van der Waals surface area contributed by atoms with Crippen LogP contribution in [0.5, 0.6) is 5.75 Å². The minimum atomic E-state index is -4.37. The van der Waals surface area contributed by atoms with E-state index in [4.69, 9.17) is 4.74 Å². The van der Waals surface area contributed by atoms with Crippen LogP contribution >= 0.6 is 11.8 Å². The molecule has 0 saturated carbocycles. The number of nitriles is 1. The van der Waals surface area contributed by atoms with E-state index in [0.717, 1.165) is 0 Å². The molecular formula is C18H13F3N2O2S. The number of para-hydroxylation sites is 2. The number of carbonyl (C=O) groups is 1. The summed E-state index contributed by atoms with van der Waals surface area (Å²) in [5.41, 5.74) is -3.72.